The number of aromatic hydroxyl groups is 1. The molecule has 2 atom stereocenters. The Morgan fingerprint density at radius 2 is 2.06 bits per heavy atom. The Kier molecular flexibility index (Phi) is 2.27. The van der Waals surface area contributed by atoms with Crippen molar-refractivity contribution in [1.29, 1.82) is 0 Å². The maximum Gasteiger partial charge on any atom is 0.334 e. The first kappa shape index (κ1) is 11.3. The predicted octanol–water partition coefficient (Wildman–Crippen LogP) is 2.91. The molecule has 0 spiro atoms. The van der Waals surface area contributed by atoms with E-state index in [1.807, 2.05) is 26.0 Å². The van der Waals surface area contributed by atoms with Crippen molar-refractivity contribution in [3.63, 3.8) is 0 Å². The zero-order valence-corrected chi connectivity index (χ0v) is 10.8. The van der Waals surface area contributed by atoms with Crippen LogP contribution >= 0.6 is 0 Å². The Hall–Kier alpha value is -1.77. The molecule has 0 aromatic heterocycles. The highest BCUT2D eigenvalue weighted by Gasteiger charge is 2.38. The molecular formula is C15H16O3. The second-order valence-corrected chi connectivity index (χ2v) is 5.30. The normalized spacial score (nSPS) is 25.8. The summed E-state index contributed by atoms with van der Waals surface area (Å²) in [5, 5.41) is 9.84. The zero-order chi connectivity index (χ0) is 13.0. The first-order chi connectivity index (χ1) is 8.49. The number of carbonyl (C=O) groups is 1. The minimum atomic E-state index is -0.208. The van der Waals surface area contributed by atoms with Crippen LogP contribution in [-0.2, 0) is 9.53 Å². The molecular weight excluding hydrogens is 228 g/mol. The first-order valence-corrected chi connectivity index (χ1v) is 6.24. The molecule has 0 saturated heterocycles. The van der Waals surface area contributed by atoms with E-state index in [-0.39, 0.29) is 12.1 Å². The lowest BCUT2D eigenvalue weighted by Gasteiger charge is -2.29. The van der Waals surface area contributed by atoms with Crippen molar-refractivity contribution in [3.8, 4) is 5.75 Å². The van der Waals surface area contributed by atoms with Crippen LogP contribution in [0.5, 0.6) is 5.75 Å². The molecule has 1 aromatic rings. The van der Waals surface area contributed by atoms with Crippen LogP contribution in [0.1, 0.15) is 42.9 Å². The Labute approximate surface area is 106 Å². The molecule has 18 heavy (non-hydrogen) atoms. The highest BCUT2D eigenvalue weighted by Crippen LogP contribution is 2.46. The van der Waals surface area contributed by atoms with E-state index in [1.54, 1.807) is 0 Å². The van der Waals surface area contributed by atoms with Gasteiger partial charge in [0.15, 0.2) is 0 Å². The Balaban J connectivity index is 2.27. The van der Waals surface area contributed by atoms with E-state index in [0.717, 1.165) is 28.7 Å². The monoisotopic (exact) mass is 244 g/mol. The van der Waals surface area contributed by atoms with Gasteiger partial charge in [0.25, 0.3) is 0 Å². The molecule has 0 saturated carbocycles. The number of hydrogen-bond acceptors (Lipinski definition) is 3. The number of benzene rings is 1. The number of fused-ring (bicyclic) bond motifs is 3. The van der Waals surface area contributed by atoms with Crippen LogP contribution in [0.25, 0.3) is 5.57 Å². The summed E-state index contributed by atoms with van der Waals surface area (Å²) < 4.78 is 5.40. The van der Waals surface area contributed by atoms with Gasteiger partial charge in [0.05, 0.1) is 0 Å². The summed E-state index contributed by atoms with van der Waals surface area (Å²) in [6, 6.07) is 3.79. The van der Waals surface area contributed by atoms with E-state index in [2.05, 4.69) is 6.92 Å². The third-order valence-electron chi connectivity index (χ3n) is 4.04. The lowest BCUT2D eigenvalue weighted by Crippen LogP contribution is -2.20. The number of esters is 1. The quantitative estimate of drug-likeness (QED) is 0.714. The smallest absolute Gasteiger partial charge is 0.334 e. The second kappa shape index (κ2) is 3.61. The zero-order valence-electron chi connectivity index (χ0n) is 10.8. The van der Waals surface area contributed by atoms with Crippen LogP contribution in [0, 0.1) is 6.92 Å². The first-order valence-electron chi connectivity index (χ1n) is 6.24. The molecule has 0 fully saturated rings. The number of ether oxygens (including phenoxy) is 1. The minimum Gasteiger partial charge on any atom is -0.508 e. The van der Waals surface area contributed by atoms with Crippen LogP contribution in [0.3, 0.4) is 0 Å². The van der Waals surface area contributed by atoms with Crippen molar-refractivity contribution < 1.29 is 14.6 Å². The Morgan fingerprint density at radius 1 is 1.33 bits per heavy atom. The summed E-state index contributed by atoms with van der Waals surface area (Å²) in [5.41, 5.74) is 4.73. The van der Waals surface area contributed by atoms with Crippen molar-refractivity contribution >= 4 is 11.5 Å². The summed E-state index contributed by atoms with van der Waals surface area (Å²) in [7, 11) is 0. The molecule has 1 aromatic carbocycles. The van der Waals surface area contributed by atoms with Gasteiger partial charge in [0.2, 0.25) is 0 Å². The summed E-state index contributed by atoms with van der Waals surface area (Å²) >= 11 is 0. The Morgan fingerprint density at radius 3 is 2.78 bits per heavy atom. The van der Waals surface area contributed by atoms with Gasteiger partial charge in [0, 0.05) is 11.1 Å². The van der Waals surface area contributed by atoms with Gasteiger partial charge in [-0.1, -0.05) is 6.92 Å². The summed E-state index contributed by atoms with van der Waals surface area (Å²) in [5.74, 6) is 0.405. The Bertz CT molecular complexity index is 584. The van der Waals surface area contributed by atoms with E-state index in [4.69, 9.17) is 4.74 Å². The molecule has 0 radical (unpaired) electrons. The van der Waals surface area contributed by atoms with Gasteiger partial charge in [-0.15, -0.1) is 0 Å². The molecule has 1 aliphatic carbocycles. The van der Waals surface area contributed by atoms with Crippen LogP contribution in [0.15, 0.2) is 17.7 Å². The third-order valence-corrected chi connectivity index (χ3v) is 4.04. The lowest BCUT2D eigenvalue weighted by atomic mass is 9.77. The van der Waals surface area contributed by atoms with E-state index >= 15 is 0 Å². The largest absolute Gasteiger partial charge is 0.508 e. The van der Waals surface area contributed by atoms with Gasteiger partial charge in [-0.3, -0.25) is 0 Å². The molecule has 0 amide bonds. The molecule has 94 valence electrons. The number of hydrogen-bond donors (Lipinski definition) is 1. The second-order valence-electron chi connectivity index (χ2n) is 5.30. The molecule has 3 nitrogen and oxygen atoms in total. The fourth-order valence-electron chi connectivity index (χ4n) is 2.97. The highest BCUT2D eigenvalue weighted by molar-refractivity contribution is 6.03. The van der Waals surface area contributed by atoms with Gasteiger partial charge in [-0.2, -0.15) is 0 Å². The number of phenols is 1. The van der Waals surface area contributed by atoms with E-state index < -0.39 is 0 Å². The standard InChI is InChI=1S/C15H16O3/c1-7-5-13-14(9(3)15(17)18-13)11-4-8(2)12(16)6-10(7)11/h4,6-7,13,16H,5H2,1-3H3. The number of carbonyl (C=O) groups excluding carboxylic acids is 1. The van der Waals surface area contributed by atoms with Crippen LogP contribution < -0.4 is 0 Å². The van der Waals surface area contributed by atoms with Crippen molar-refractivity contribution in [2.75, 3.05) is 0 Å². The van der Waals surface area contributed by atoms with Crippen molar-refractivity contribution in [1.82, 2.24) is 0 Å². The molecule has 2 unspecified atom stereocenters. The number of aryl methyl sites for hydroxylation is 1. The summed E-state index contributed by atoms with van der Waals surface area (Å²) in [6.45, 7) is 5.79. The third kappa shape index (κ3) is 1.40. The van der Waals surface area contributed by atoms with Crippen LogP contribution in [0.4, 0.5) is 0 Å². The fraction of sp³-hybridized carbons (Fsp3) is 0.400. The molecule has 3 rings (SSSR count). The average Bonchev–Trinajstić information content (AvgIpc) is 2.58. The molecule has 3 heteroatoms. The maximum absolute atomic E-state index is 11.7. The van der Waals surface area contributed by atoms with E-state index in [9.17, 15) is 9.90 Å². The van der Waals surface area contributed by atoms with Crippen LogP contribution in [-0.4, -0.2) is 17.2 Å². The lowest BCUT2D eigenvalue weighted by molar-refractivity contribution is -0.139. The van der Waals surface area contributed by atoms with Gasteiger partial charge in [-0.05, 0) is 55.0 Å². The molecule has 1 N–H and O–H groups in total. The fourth-order valence-corrected chi connectivity index (χ4v) is 2.97. The van der Waals surface area contributed by atoms with Crippen molar-refractivity contribution in [2.24, 2.45) is 0 Å². The molecule has 2 aliphatic rings. The minimum absolute atomic E-state index is 0.107. The van der Waals surface area contributed by atoms with E-state index in [1.165, 1.54) is 0 Å². The van der Waals surface area contributed by atoms with Gasteiger partial charge in [0.1, 0.15) is 11.9 Å². The topological polar surface area (TPSA) is 46.5 Å². The summed E-state index contributed by atoms with van der Waals surface area (Å²) in [4.78, 5) is 11.7. The molecule has 1 heterocycles. The highest BCUT2D eigenvalue weighted by atomic mass is 16.5. The van der Waals surface area contributed by atoms with E-state index in [0.29, 0.717) is 17.2 Å². The van der Waals surface area contributed by atoms with Crippen molar-refractivity contribution in [3.05, 3.63) is 34.4 Å². The predicted molar refractivity (Wildman–Crippen MR) is 68.3 cm³/mol. The molecule has 1 aliphatic heterocycles. The van der Waals surface area contributed by atoms with Gasteiger partial charge in [-0.25, -0.2) is 4.79 Å². The molecule has 0 bridgehead atoms. The number of phenolic OH excluding ortho intramolecular Hbond substituents is 1. The van der Waals surface area contributed by atoms with Gasteiger partial charge >= 0.3 is 5.97 Å². The van der Waals surface area contributed by atoms with Gasteiger partial charge < -0.3 is 9.84 Å². The maximum atomic E-state index is 11.7. The SMILES string of the molecule is CC1=C2c3cc(C)c(O)cc3C(C)CC2OC1=O. The average molecular weight is 244 g/mol. The van der Waals surface area contributed by atoms with Crippen molar-refractivity contribution in [2.45, 2.75) is 39.2 Å². The number of rotatable bonds is 0. The summed E-state index contributed by atoms with van der Waals surface area (Å²) in [6.07, 6.45) is 0.692. The van der Waals surface area contributed by atoms with Crippen LogP contribution in [0.2, 0.25) is 0 Å².